The number of urea groups is 1. The molecule has 0 radical (unpaired) electrons. The van der Waals surface area contributed by atoms with Crippen LogP contribution in [0.15, 0.2) is 54.7 Å². The molecule has 2 aromatic carbocycles. The van der Waals surface area contributed by atoms with Crippen molar-refractivity contribution in [2.24, 2.45) is 0 Å². The molecule has 0 atom stereocenters. The quantitative estimate of drug-likeness (QED) is 0.667. The van der Waals surface area contributed by atoms with Crippen LogP contribution in [0.4, 0.5) is 10.5 Å². The summed E-state index contributed by atoms with van der Waals surface area (Å²) in [5.74, 6) is 0.703. The van der Waals surface area contributed by atoms with Gasteiger partial charge in [0.25, 0.3) is 0 Å². The van der Waals surface area contributed by atoms with Crippen LogP contribution in [-0.4, -0.2) is 24.2 Å². The highest BCUT2D eigenvalue weighted by molar-refractivity contribution is 6.30. The summed E-state index contributed by atoms with van der Waals surface area (Å²) >= 11 is 5.91. The minimum Gasteiger partial charge on any atom is -0.489 e. The molecule has 1 heterocycles. The molecule has 0 aliphatic carbocycles. The summed E-state index contributed by atoms with van der Waals surface area (Å²) in [6.07, 6.45) is 1.73. The Bertz CT molecular complexity index is 893. The Morgan fingerprint density at radius 2 is 2.04 bits per heavy atom. The van der Waals surface area contributed by atoms with Crippen molar-refractivity contribution in [2.45, 2.75) is 6.92 Å². The SMILES string of the molecule is Cc1cc(Cl)ccc1NC(=O)NCCOc1cccc2cccnc12. The third kappa shape index (κ3) is 4.39. The largest absolute Gasteiger partial charge is 0.489 e. The number of halogens is 1. The van der Waals surface area contributed by atoms with Crippen LogP contribution in [0.5, 0.6) is 5.75 Å². The van der Waals surface area contributed by atoms with E-state index in [1.807, 2.05) is 37.3 Å². The normalized spacial score (nSPS) is 10.5. The van der Waals surface area contributed by atoms with Gasteiger partial charge in [0.1, 0.15) is 17.9 Å². The Hall–Kier alpha value is -2.79. The summed E-state index contributed by atoms with van der Waals surface area (Å²) in [5, 5.41) is 7.21. The van der Waals surface area contributed by atoms with E-state index in [1.54, 1.807) is 24.4 Å². The molecule has 3 aromatic rings. The summed E-state index contributed by atoms with van der Waals surface area (Å²) < 4.78 is 5.74. The first kappa shape index (κ1) is 17.0. The van der Waals surface area contributed by atoms with Crippen molar-refractivity contribution in [1.82, 2.24) is 10.3 Å². The zero-order valence-electron chi connectivity index (χ0n) is 13.8. The molecule has 2 amide bonds. The molecule has 128 valence electrons. The molecule has 3 rings (SSSR count). The van der Waals surface area contributed by atoms with Gasteiger partial charge in [-0.3, -0.25) is 4.98 Å². The Labute approximate surface area is 151 Å². The molecule has 0 spiro atoms. The first-order chi connectivity index (χ1) is 12.1. The van der Waals surface area contributed by atoms with Gasteiger partial charge in [0.2, 0.25) is 0 Å². The van der Waals surface area contributed by atoms with Crippen molar-refractivity contribution in [3.63, 3.8) is 0 Å². The number of pyridine rings is 1. The second-order valence-corrected chi connectivity index (χ2v) is 5.96. The number of amides is 2. The van der Waals surface area contributed by atoms with Crippen LogP contribution in [0, 0.1) is 6.92 Å². The van der Waals surface area contributed by atoms with Gasteiger partial charge < -0.3 is 15.4 Å². The summed E-state index contributed by atoms with van der Waals surface area (Å²) in [5.41, 5.74) is 2.44. The number of rotatable bonds is 5. The molecule has 0 aliphatic heterocycles. The molecule has 0 unspecified atom stereocenters. The Balaban J connectivity index is 1.50. The molecular weight excluding hydrogens is 338 g/mol. The van der Waals surface area contributed by atoms with Crippen LogP contribution in [0.1, 0.15) is 5.56 Å². The van der Waals surface area contributed by atoms with Crippen LogP contribution < -0.4 is 15.4 Å². The standard InChI is InChI=1S/C19H18ClN3O2/c1-13-12-15(20)7-8-16(13)23-19(24)22-10-11-25-17-6-2-4-14-5-3-9-21-18(14)17/h2-9,12H,10-11H2,1H3,(H2,22,23,24). The molecule has 2 N–H and O–H groups in total. The zero-order valence-corrected chi connectivity index (χ0v) is 14.5. The lowest BCUT2D eigenvalue weighted by atomic mass is 10.2. The number of carbonyl (C=O) groups is 1. The van der Waals surface area contributed by atoms with Crippen molar-refractivity contribution in [3.8, 4) is 5.75 Å². The van der Waals surface area contributed by atoms with Crippen molar-refractivity contribution in [2.75, 3.05) is 18.5 Å². The number of hydrogen-bond donors (Lipinski definition) is 2. The van der Waals surface area contributed by atoms with Crippen molar-refractivity contribution in [1.29, 1.82) is 0 Å². The summed E-state index contributed by atoms with van der Waals surface area (Å²) in [7, 11) is 0. The number of carbonyl (C=O) groups excluding carboxylic acids is 1. The van der Waals surface area contributed by atoms with E-state index in [0.717, 1.165) is 22.2 Å². The molecule has 0 bridgehead atoms. The van der Waals surface area contributed by atoms with Gasteiger partial charge in [0, 0.05) is 22.3 Å². The van der Waals surface area contributed by atoms with Crippen molar-refractivity contribution < 1.29 is 9.53 Å². The van der Waals surface area contributed by atoms with E-state index in [0.29, 0.717) is 23.9 Å². The van der Waals surface area contributed by atoms with Gasteiger partial charge in [0.05, 0.1) is 6.54 Å². The highest BCUT2D eigenvalue weighted by atomic mass is 35.5. The number of ether oxygens (including phenoxy) is 1. The van der Waals surface area contributed by atoms with Gasteiger partial charge in [-0.25, -0.2) is 4.79 Å². The monoisotopic (exact) mass is 355 g/mol. The predicted octanol–water partition coefficient (Wildman–Crippen LogP) is 4.40. The lowest BCUT2D eigenvalue weighted by Crippen LogP contribution is -2.32. The number of aryl methyl sites for hydroxylation is 1. The van der Waals surface area contributed by atoms with Crippen molar-refractivity contribution >= 4 is 34.2 Å². The smallest absolute Gasteiger partial charge is 0.319 e. The molecule has 0 saturated carbocycles. The maximum Gasteiger partial charge on any atom is 0.319 e. The third-order valence-corrected chi connectivity index (χ3v) is 3.91. The molecule has 0 aliphatic rings. The van der Waals surface area contributed by atoms with E-state index in [-0.39, 0.29) is 6.03 Å². The zero-order chi connectivity index (χ0) is 17.6. The molecule has 0 fully saturated rings. The third-order valence-electron chi connectivity index (χ3n) is 3.68. The number of hydrogen-bond acceptors (Lipinski definition) is 3. The van der Waals surface area contributed by atoms with Gasteiger partial charge in [-0.05, 0) is 42.8 Å². The van der Waals surface area contributed by atoms with Gasteiger partial charge >= 0.3 is 6.03 Å². The minimum absolute atomic E-state index is 0.287. The first-order valence-electron chi connectivity index (χ1n) is 7.91. The van der Waals surface area contributed by atoms with Gasteiger partial charge in [-0.2, -0.15) is 0 Å². The molecule has 1 aromatic heterocycles. The molecule has 25 heavy (non-hydrogen) atoms. The summed E-state index contributed by atoms with van der Waals surface area (Å²) in [6.45, 7) is 2.61. The first-order valence-corrected chi connectivity index (χ1v) is 8.29. The Kier molecular flexibility index (Phi) is 5.36. The van der Waals surface area contributed by atoms with E-state index < -0.39 is 0 Å². The second-order valence-electron chi connectivity index (χ2n) is 5.52. The lowest BCUT2D eigenvalue weighted by molar-refractivity contribution is 0.247. The van der Waals surface area contributed by atoms with Crippen molar-refractivity contribution in [3.05, 3.63) is 65.3 Å². The molecule has 6 heteroatoms. The fourth-order valence-electron chi connectivity index (χ4n) is 2.45. The second kappa shape index (κ2) is 7.85. The summed E-state index contributed by atoms with van der Waals surface area (Å²) in [6, 6.07) is 14.7. The molecule has 5 nitrogen and oxygen atoms in total. The highest BCUT2D eigenvalue weighted by Gasteiger charge is 2.06. The van der Waals surface area contributed by atoms with Crippen LogP contribution in [0.2, 0.25) is 5.02 Å². The van der Waals surface area contributed by atoms with Crippen LogP contribution in [0.3, 0.4) is 0 Å². The van der Waals surface area contributed by atoms with Gasteiger partial charge in [0.15, 0.2) is 0 Å². The lowest BCUT2D eigenvalue weighted by Gasteiger charge is -2.11. The molecular formula is C19H18ClN3O2. The summed E-state index contributed by atoms with van der Waals surface area (Å²) in [4.78, 5) is 16.3. The average Bonchev–Trinajstić information content (AvgIpc) is 2.61. The average molecular weight is 356 g/mol. The number of para-hydroxylation sites is 1. The van der Waals surface area contributed by atoms with Gasteiger partial charge in [-0.15, -0.1) is 0 Å². The number of nitrogens with one attached hydrogen (secondary N) is 2. The van der Waals surface area contributed by atoms with E-state index in [2.05, 4.69) is 15.6 Å². The topological polar surface area (TPSA) is 63.2 Å². The van der Waals surface area contributed by atoms with E-state index in [4.69, 9.17) is 16.3 Å². The molecule has 0 saturated heterocycles. The number of fused-ring (bicyclic) bond motifs is 1. The Morgan fingerprint density at radius 3 is 2.88 bits per heavy atom. The number of benzene rings is 2. The van der Waals surface area contributed by atoms with Gasteiger partial charge in [-0.1, -0.05) is 29.8 Å². The van der Waals surface area contributed by atoms with E-state index in [1.165, 1.54) is 0 Å². The van der Waals surface area contributed by atoms with E-state index >= 15 is 0 Å². The number of aromatic nitrogens is 1. The fraction of sp³-hybridized carbons (Fsp3) is 0.158. The maximum absolute atomic E-state index is 12.0. The van der Waals surface area contributed by atoms with Crippen LogP contribution in [-0.2, 0) is 0 Å². The van der Waals surface area contributed by atoms with Crippen LogP contribution in [0.25, 0.3) is 10.9 Å². The van der Waals surface area contributed by atoms with Crippen LogP contribution >= 0.6 is 11.6 Å². The Morgan fingerprint density at radius 1 is 1.20 bits per heavy atom. The van der Waals surface area contributed by atoms with E-state index in [9.17, 15) is 4.79 Å². The fourth-order valence-corrected chi connectivity index (χ4v) is 2.68. The number of anilines is 1. The predicted molar refractivity (Wildman–Crippen MR) is 100 cm³/mol. The number of nitrogens with zero attached hydrogens (tertiary/aromatic N) is 1. The highest BCUT2D eigenvalue weighted by Crippen LogP contribution is 2.22. The minimum atomic E-state index is -0.287. The maximum atomic E-state index is 12.0.